The van der Waals surface area contributed by atoms with Crippen molar-refractivity contribution in [1.29, 1.82) is 0 Å². The molecule has 1 fully saturated rings. The molecule has 1 saturated heterocycles. The summed E-state index contributed by atoms with van der Waals surface area (Å²) in [4.78, 5) is 20.9. The van der Waals surface area contributed by atoms with Gasteiger partial charge in [-0.2, -0.15) is 0 Å². The molecular formula is C14H25ClN4O2S. The van der Waals surface area contributed by atoms with Gasteiger partial charge >= 0.3 is 0 Å². The number of carbonyl (C=O) groups excluding carboxylic acids is 1. The summed E-state index contributed by atoms with van der Waals surface area (Å²) in [5, 5.41) is 3.21. The van der Waals surface area contributed by atoms with E-state index in [0.29, 0.717) is 0 Å². The van der Waals surface area contributed by atoms with Gasteiger partial charge in [-0.25, -0.2) is 4.98 Å². The number of nitrogens with two attached hydrogens (primary N) is 1. The number of thiazole rings is 1. The Kier molecular flexibility index (Phi) is 8.27. The molecule has 2 N–H and O–H groups in total. The Labute approximate surface area is 142 Å². The SMILES string of the molecule is COCC(N)C(=O)N1CCCN(Cc2csc(C)n2)CC1.Cl. The molecule has 1 atom stereocenters. The molecule has 1 amide bonds. The molecule has 1 aliphatic rings. The van der Waals surface area contributed by atoms with Crippen molar-refractivity contribution in [2.45, 2.75) is 25.9 Å². The molecule has 0 bridgehead atoms. The number of ether oxygens (including phenoxy) is 1. The van der Waals surface area contributed by atoms with Crippen LogP contribution in [0.5, 0.6) is 0 Å². The van der Waals surface area contributed by atoms with Crippen molar-refractivity contribution >= 4 is 29.7 Å². The minimum atomic E-state index is -0.553. The van der Waals surface area contributed by atoms with Gasteiger partial charge in [-0.15, -0.1) is 23.7 Å². The van der Waals surface area contributed by atoms with E-state index in [0.717, 1.165) is 49.8 Å². The molecule has 1 aliphatic heterocycles. The summed E-state index contributed by atoms with van der Waals surface area (Å²) >= 11 is 1.68. The maximum atomic E-state index is 12.2. The molecule has 0 spiro atoms. The first kappa shape index (κ1) is 19.3. The zero-order valence-corrected chi connectivity index (χ0v) is 14.8. The highest BCUT2D eigenvalue weighted by Crippen LogP contribution is 2.12. The molecule has 2 rings (SSSR count). The molecular weight excluding hydrogens is 324 g/mol. The van der Waals surface area contributed by atoms with Crippen molar-refractivity contribution in [1.82, 2.24) is 14.8 Å². The number of nitrogens with zero attached hydrogens (tertiary/aromatic N) is 3. The molecule has 8 heteroatoms. The highest BCUT2D eigenvalue weighted by Gasteiger charge is 2.23. The zero-order valence-electron chi connectivity index (χ0n) is 13.2. The topological polar surface area (TPSA) is 71.7 Å². The van der Waals surface area contributed by atoms with Gasteiger partial charge in [0.15, 0.2) is 0 Å². The van der Waals surface area contributed by atoms with Crippen molar-refractivity contribution in [2.75, 3.05) is 39.9 Å². The van der Waals surface area contributed by atoms with Gasteiger partial charge in [0.1, 0.15) is 6.04 Å². The summed E-state index contributed by atoms with van der Waals surface area (Å²) in [6.07, 6.45) is 0.967. The van der Waals surface area contributed by atoms with E-state index in [4.69, 9.17) is 10.5 Å². The Balaban J connectivity index is 0.00000242. The molecule has 22 heavy (non-hydrogen) atoms. The second-order valence-electron chi connectivity index (χ2n) is 5.37. The van der Waals surface area contributed by atoms with Crippen molar-refractivity contribution < 1.29 is 9.53 Å². The van der Waals surface area contributed by atoms with E-state index in [1.165, 1.54) is 0 Å². The number of hydrogen-bond acceptors (Lipinski definition) is 6. The Morgan fingerprint density at radius 1 is 1.45 bits per heavy atom. The number of halogens is 1. The lowest BCUT2D eigenvalue weighted by Crippen LogP contribution is -2.47. The third-order valence-corrected chi connectivity index (χ3v) is 4.44. The number of carbonyl (C=O) groups is 1. The van der Waals surface area contributed by atoms with Crippen molar-refractivity contribution in [3.05, 3.63) is 16.1 Å². The quantitative estimate of drug-likeness (QED) is 0.855. The highest BCUT2D eigenvalue weighted by atomic mass is 35.5. The van der Waals surface area contributed by atoms with Crippen LogP contribution in [0, 0.1) is 6.92 Å². The summed E-state index contributed by atoms with van der Waals surface area (Å²) in [5.41, 5.74) is 6.95. The van der Waals surface area contributed by atoms with Crippen LogP contribution in [0.15, 0.2) is 5.38 Å². The van der Waals surface area contributed by atoms with Crippen molar-refractivity contribution in [3.63, 3.8) is 0 Å². The molecule has 2 heterocycles. The predicted molar refractivity (Wildman–Crippen MR) is 90.4 cm³/mol. The van der Waals surface area contributed by atoms with Gasteiger partial charge in [0.05, 0.1) is 17.3 Å². The lowest BCUT2D eigenvalue weighted by Gasteiger charge is -2.24. The van der Waals surface area contributed by atoms with Gasteiger partial charge in [-0.3, -0.25) is 9.69 Å². The monoisotopic (exact) mass is 348 g/mol. The van der Waals surface area contributed by atoms with Crippen LogP contribution in [0.25, 0.3) is 0 Å². The third kappa shape index (κ3) is 5.48. The van der Waals surface area contributed by atoms with Crippen molar-refractivity contribution in [3.8, 4) is 0 Å². The first-order chi connectivity index (χ1) is 10.1. The standard InChI is InChI=1S/C14H24N4O2S.ClH/c1-11-16-12(10-21-11)8-17-4-3-5-18(7-6-17)14(19)13(15)9-20-2;/h10,13H,3-9,15H2,1-2H3;1H. The smallest absolute Gasteiger partial charge is 0.241 e. The molecule has 0 aromatic carbocycles. The number of amides is 1. The Morgan fingerprint density at radius 2 is 2.23 bits per heavy atom. The van der Waals surface area contributed by atoms with Crippen LogP contribution in [0.2, 0.25) is 0 Å². The first-order valence-electron chi connectivity index (χ1n) is 7.27. The van der Waals surface area contributed by atoms with Crippen molar-refractivity contribution in [2.24, 2.45) is 5.73 Å². The normalized spacial score (nSPS) is 17.7. The molecule has 0 saturated carbocycles. The second-order valence-corrected chi connectivity index (χ2v) is 6.44. The van der Waals surface area contributed by atoms with Crippen LogP contribution in [0.4, 0.5) is 0 Å². The lowest BCUT2D eigenvalue weighted by atomic mass is 10.2. The first-order valence-corrected chi connectivity index (χ1v) is 8.14. The Bertz CT molecular complexity index is 471. The van der Waals surface area contributed by atoms with E-state index in [1.54, 1.807) is 18.4 Å². The molecule has 1 aromatic heterocycles. The Hall–Kier alpha value is -0.730. The second kappa shape index (κ2) is 9.42. The van der Waals surface area contributed by atoms with Crippen LogP contribution < -0.4 is 5.73 Å². The average molecular weight is 349 g/mol. The number of aromatic nitrogens is 1. The summed E-state index contributed by atoms with van der Waals surface area (Å²) in [6, 6.07) is -0.553. The fourth-order valence-electron chi connectivity index (χ4n) is 2.54. The van der Waals surface area contributed by atoms with Gasteiger partial charge < -0.3 is 15.4 Å². The number of hydrogen-bond donors (Lipinski definition) is 1. The van der Waals surface area contributed by atoms with E-state index in [1.807, 2.05) is 11.8 Å². The maximum absolute atomic E-state index is 12.2. The van der Waals surface area contributed by atoms with Gasteiger partial charge in [0.25, 0.3) is 0 Å². The minimum Gasteiger partial charge on any atom is -0.383 e. The summed E-state index contributed by atoms with van der Waals surface area (Å²) in [5.74, 6) is -0.0109. The molecule has 0 radical (unpaired) electrons. The minimum absolute atomic E-state index is 0. The molecule has 1 unspecified atom stereocenters. The summed E-state index contributed by atoms with van der Waals surface area (Å²) in [6.45, 7) is 6.49. The molecule has 0 aliphatic carbocycles. The number of rotatable bonds is 5. The fraction of sp³-hybridized carbons (Fsp3) is 0.714. The fourth-order valence-corrected chi connectivity index (χ4v) is 3.15. The number of aryl methyl sites for hydroxylation is 1. The Morgan fingerprint density at radius 3 is 2.86 bits per heavy atom. The van der Waals surface area contributed by atoms with Gasteiger partial charge in [0.2, 0.25) is 5.91 Å². The van der Waals surface area contributed by atoms with Gasteiger partial charge in [-0.05, 0) is 13.3 Å². The average Bonchev–Trinajstić information content (AvgIpc) is 2.73. The van der Waals surface area contributed by atoms with Crippen LogP contribution in [-0.2, 0) is 16.1 Å². The third-order valence-electron chi connectivity index (χ3n) is 3.62. The number of methoxy groups -OCH3 is 1. The summed E-state index contributed by atoms with van der Waals surface area (Å²) in [7, 11) is 1.56. The molecule has 126 valence electrons. The maximum Gasteiger partial charge on any atom is 0.241 e. The highest BCUT2D eigenvalue weighted by molar-refractivity contribution is 7.09. The van der Waals surface area contributed by atoms with Crippen LogP contribution in [0.3, 0.4) is 0 Å². The molecule has 6 nitrogen and oxygen atoms in total. The summed E-state index contributed by atoms with van der Waals surface area (Å²) < 4.78 is 4.96. The zero-order chi connectivity index (χ0) is 15.2. The predicted octanol–water partition coefficient (Wildman–Crippen LogP) is 0.881. The largest absolute Gasteiger partial charge is 0.383 e. The van der Waals surface area contributed by atoms with Gasteiger partial charge in [0, 0.05) is 45.2 Å². The van der Waals surface area contributed by atoms with E-state index in [-0.39, 0.29) is 24.9 Å². The van der Waals surface area contributed by atoms with Crippen LogP contribution in [-0.4, -0.2) is 66.6 Å². The lowest BCUT2D eigenvalue weighted by molar-refractivity contribution is -0.133. The van der Waals surface area contributed by atoms with E-state index in [2.05, 4.69) is 15.3 Å². The van der Waals surface area contributed by atoms with E-state index < -0.39 is 6.04 Å². The van der Waals surface area contributed by atoms with Crippen LogP contribution >= 0.6 is 23.7 Å². The van der Waals surface area contributed by atoms with E-state index in [9.17, 15) is 4.79 Å². The van der Waals surface area contributed by atoms with Gasteiger partial charge in [-0.1, -0.05) is 0 Å². The molecule has 1 aromatic rings. The van der Waals surface area contributed by atoms with Crippen LogP contribution in [0.1, 0.15) is 17.1 Å². The van der Waals surface area contributed by atoms with E-state index >= 15 is 0 Å².